The summed E-state index contributed by atoms with van der Waals surface area (Å²) in [5.74, 6) is -0.429. The molecule has 0 aliphatic carbocycles. The van der Waals surface area contributed by atoms with Crippen LogP contribution in [0.25, 0.3) is 0 Å². The maximum Gasteiger partial charge on any atom is 0.276 e. The first-order valence-electron chi connectivity index (χ1n) is 6.25. The van der Waals surface area contributed by atoms with Gasteiger partial charge in [-0.25, -0.2) is 4.99 Å². The summed E-state index contributed by atoms with van der Waals surface area (Å²) in [5.41, 5.74) is 0.833. The highest BCUT2D eigenvalue weighted by molar-refractivity contribution is 5.99. The van der Waals surface area contributed by atoms with Gasteiger partial charge in [0.2, 0.25) is 0 Å². The molecule has 0 saturated heterocycles. The number of carbonyl (C=O) groups excluding carboxylic acids is 1. The first-order valence-corrected chi connectivity index (χ1v) is 6.25. The Labute approximate surface area is 120 Å². The lowest BCUT2D eigenvalue weighted by molar-refractivity contribution is 0.0969. The first-order chi connectivity index (χ1) is 10.2. The molecule has 0 saturated carbocycles. The monoisotopic (exact) mass is 289 g/mol. The van der Waals surface area contributed by atoms with Crippen LogP contribution in [0.4, 0.5) is 5.69 Å². The molecule has 0 fully saturated rings. The van der Waals surface area contributed by atoms with E-state index in [9.17, 15) is 4.79 Å². The minimum absolute atomic E-state index is 0.170. The van der Waals surface area contributed by atoms with Crippen LogP contribution in [0, 0.1) is 0 Å². The molecule has 2 aromatic rings. The number of aromatic nitrogens is 3. The minimum atomic E-state index is -0.558. The van der Waals surface area contributed by atoms with E-state index in [2.05, 4.69) is 20.4 Å². The van der Waals surface area contributed by atoms with Gasteiger partial charge in [-0.15, -0.1) is 0 Å². The molecular formula is C13H15N5O3. The van der Waals surface area contributed by atoms with Crippen molar-refractivity contribution in [1.29, 1.82) is 0 Å². The number of hydrogen-bond acceptors (Lipinski definition) is 6. The summed E-state index contributed by atoms with van der Waals surface area (Å²) in [6.45, 7) is -0.522. The second-order valence-corrected chi connectivity index (χ2v) is 4.14. The van der Waals surface area contributed by atoms with E-state index in [1.54, 1.807) is 24.5 Å². The second-order valence-electron chi connectivity index (χ2n) is 4.14. The molecule has 0 unspecified atom stereocenters. The fraction of sp³-hybridized carbons (Fsp3) is 0.231. The van der Waals surface area contributed by atoms with E-state index < -0.39 is 11.9 Å². The molecule has 0 aliphatic heterocycles. The van der Waals surface area contributed by atoms with Crippen molar-refractivity contribution in [3.63, 3.8) is 0 Å². The Morgan fingerprint density at radius 1 is 1.33 bits per heavy atom. The summed E-state index contributed by atoms with van der Waals surface area (Å²) in [6, 6.07) is 4.33. The number of amides is 1. The van der Waals surface area contributed by atoms with Crippen LogP contribution in [0.15, 0.2) is 41.8 Å². The number of pyridine rings is 1. The average Bonchev–Trinajstić information content (AvgIpc) is 2.99. The molecule has 0 aromatic carbocycles. The standard InChI is InChI=1S/C13H15N5O3/c19-7-11(8-20)18-6-3-12(17-18)13(21)16-9-15-10-1-4-14-5-2-10/h1-6,9,11,19-20H,7-8H2,(H,14,15,16,21). The van der Waals surface area contributed by atoms with Crippen molar-refractivity contribution in [3.05, 3.63) is 42.5 Å². The number of nitrogens with zero attached hydrogens (tertiary/aromatic N) is 4. The summed E-state index contributed by atoms with van der Waals surface area (Å²) in [5, 5.41) is 24.6. The van der Waals surface area contributed by atoms with E-state index in [4.69, 9.17) is 10.2 Å². The Balaban J connectivity index is 1.96. The van der Waals surface area contributed by atoms with Gasteiger partial charge in [0.1, 0.15) is 0 Å². The third-order valence-corrected chi connectivity index (χ3v) is 2.71. The molecule has 2 rings (SSSR count). The Morgan fingerprint density at radius 2 is 2.05 bits per heavy atom. The normalized spacial score (nSPS) is 11.2. The van der Waals surface area contributed by atoms with Crippen LogP contribution in [-0.4, -0.2) is 50.4 Å². The van der Waals surface area contributed by atoms with Gasteiger partial charge >= 0.3 is 0 Å². The SMILES string of the molecule is O=C(NC=Nc1ccncc1)c1ccn(C(CO)CO)n1. The average molecular weight is 289 g/mol. The Bertz CT molecular complexity index is 607. The fourth-order valence-corrected chi connectivity index (χ4v) is 1.56. The van der Waals surface area contributed by atoms with Crippen LogP contribution in [0.1, 0.15) is 16.5 Å². The summed E-state index contributed by atoms with van der Waals surface area (Å²) < 4.78 is 1.34. The molecule has 2 heterocycles. The lowest BCUT2D eigenvalue weighted by Gasteiger charge is -2.10. The highest BCUT2D eigenvalue weighted by atomic mass is 16.3. The molecule has 2 aromatic heterocycles. The van der Waals surface area contributed by atoms with E-state index in [1.807, 2.05) is 0 Å². The molecule has 3 N–H and O–H groups in total. The highest BCUT2D eigenvalue weighted by Crippen LogP contribution is 2.07. The topological polar surface area (TPSA) is 113 Å². The van der Waals surface area contributed by atoms with Crippen molar-refractivity contribution in [2.45, 2.75) is 6.04 Å². The lowest BCUT2D eigenvalue weighted by atomic mass is 10.3. The third-order valence-electron chi connectivity index (χ3n) is 2.71. The zero-order valence-corrected chi connectivity index (χ0v) is 11.1. The molecule has 8 heteroatoms. The second kappa shape index (κ2) is 7.27. The van der Waals surface area contributed by atoms with Crippen molar-refractivity contribution < 1.29 is 15.0 Å². The summed E-state index contributed by atoms with van der Waals surface area (Å²) in [4.78, 5) is 19.7. The predicted molar refractivity (Wildman–Crippen MR) is 75.3 cm³/mol. The molecule has 21 heavy (non-hydrogen) atoms. The highest BCUT2D eigenvalue weighted by Gasteiger charge is 2.13. The largest absolute Gasteiger partial charge is 0.394 e. The van der Waals surface area contributed by atoms with Crippen LogP contribution in [0.3, 0.4) is 0 Å². The van der Waals surface area contributed by atoms with Crippen molar-refractivity contribution in [2.75, 3.05) is 13.2 Å². The van der Waals surface area contributed by atoms with Gasteiger partial charge < -0.3 is 15.5 Å². The van der Waals surface area contributed by atoms with Gasteiger partial charge in [-0.1, -0.05) is 0 Å². The van der Waals surface area contributed by atoms with Crippen LogP contribution in [0.5, 0.6) is 0 Å². The fourth-order valence-electron chi connectivity index (χ4n) is 1.56. The van der Waals surface area contributed by atoms with E-state index in [0.29, 0.717) is 5.69 Å². The number of nitrogens with one attached hydrogen (secondary N) is 1. The maximum absolute atomic E-state index is 11.8. The summed E-state index contributed by atoms with van der Waals surface area (Å²) in [6.07, 6.45) is 5.98. The van der Waals surface area contributed by atoms with Crippen LogP contribution < -0.4 is 5.32 Å². The molecule has 0 spiro atoms. The number of aliphatic hydroxyl groups is 2. The van der Waals surface area contributed by atoms with Gasteiger partial charge in [0.05, 0.1) is 31.3 Å². The van der Waals surface area contributed by atoms with Crippen LogP contribution >= 0.6 is 0 Å². The van der Waals surface area contributed by atoms with Gasteiger partial charge in [0.25, 0.3) is 5.91 Å². The third kappa shape index (κ3) is 3.94. The number of aliphatic hydroxyl groups excluding tert-OH is 2. The van der Waals surface area contributed by atoms with Gasteiger partial charge in [-0.2, -0.15) is 5.10 Å². The van der Waals surface area contributed by atoms with Crippen molar-refractivity contribution in [1.82, 2.24) is 20.1 Å². The molecule has 0 atom stereocenters. The molecule has 8 nitrogen and oxygen atoms in total. The molecule has 1 amide bonds. The lowest BCUT2D eigenvalue weighted by Crippen LogP contribution is -2.23. The smallest absolute Gasteiger partial charge is 0.276 e. The number of hydrogen-bond donors (Lipinski definition) is 3. The van der Waals surface area contributed by atoms with E-state index in [1.165, 1.54) is 23.3 Å². The van der Waals surface area contributed by atoms with Crippen LogP contribution in [0.2, 0.25) is 0 Å². The number of rotatable bonds is 6. The molecule has 0 bridgehead atoms. The zero-order chi connectivity index (χ0) is 15.1. The van der Waals surface area contributed by atoms with Crippen molar-refractivity contribution in [3.8, 4) is 0 Å². The summed E-state index contributed by atoms with van der Waals surface area (Å²) >= 11 is 0. The van der Waals surface area contributed by atoms with E-state index in [0.717, 1.165) is 0 Å². The van der Waals surface area contributed by atoms with Crippen molar-refractivity contribution in [2.24, 2.45) is 4.99 Å². The zero-order valence-electron chi connectivity index (χ0n) is 11.1. The molecule has 0 aliphatic rings. The van der Waals surface area contributed by atoms with Gasteiger partial charge in [-0.05, 0) is 18.2 Å². The Kier molecular flexibility index (Phi) is 5.13. The Morgan fingerprint density at radius 3 is 2.71 bits per heavy atom. The van der Waals surface area contributed by atoms with Gasteiger partial charge in [0, 0.05) is 18.6 Å². The maximum atomic E-state index is 11.8. The number of carbonyl (C=O) groups is 1. The first kappa shape index (κ1) is 14.8. The molecule has 0 radical (unpaired) electrons. The quantitative estimate of drug-likeness (QED) is 0.507. The van der Waals surface area contributed by atoms with Gasteiger partial charge in [-0.3, -0.25) is 14.5 Å². The molecular weight excluding hydrogens is 274 g/mol. The predicted octanol–water partition coefficient (Wildman–Crippen LogP) is -0.106. The Hall–Kier alpha value is -2.58. The summed E-state index contributed by atoms with van der Waals surface area (Å²) in [7, 11) is 0. The minimum Gasteiger partial charge on any atom is -0.394 e. The van der Waals surface area contributed by atoms with E-state index >= 15 is 0 Å². The van der Waals surface area contributed by atoms with Crippen molar-refractivity contribution >= 4 is 17.9 Å². The van der Waals surface area contributed by atoms with Gasteiger partial charge in [0.15, 0.2) is 5.69 Å². The van der Waals surface area contributed by atoms with E-state index in [-0.39, 0.29) is 18.9 Å². The molecule has 110 valence electrons. The van der Waals surface area contributed by atoms with Crippen LogP contribution in [-0.2, 0) is 0 Å². The number of aliphatic imine (C=N–C) groups is 1.